The summed E-state index contributed by atoms with van der Waals surface area (Å²) in [6.07, 6.45) is 0. The second-order valence-corrected chi connectivity index (χ2v) is 6.89. The number of para-hydroxylation sites is 1. The van der Waals surface area contributed by atoms with E-state index < -0.39 is 5.82 Å². The summed E-state index contributed by atoms with van der Waals surface area (Å²) in [6.45, 7) is 5.97. The number of aryl methyl sites for hydroxylation is 3. The maximum absolute atomic E-state index is 13.6. The zero-order valence-corrected chi connectivity index (χ0v) is 15.6. The quantitative estimate of drug-likeness (QED) is 0.688. The lowest BCUT2D eigenvalue weighted by Gasteiger charge is -2.10. The summed E-state index contributed by atoms with van der Waals surface area (Å²) in [4.78, 5) is 12.1. The summed E-state index contributed by atoms with van der Waals surface area (Å²) < 4.78 is 15.5. The van der Waals surface area contributed by atoms with Gasteiger partial charge >= 0.3 is 0 Å². The molecule has 3 aromatic rings. The second-order valence-electron chi connectivity index (χ2n) is 5.95. The van der Waals surface area contributed by atoms with Gasteiger partial charge in [-0.1, -0.05) is 30.0 Å². The van der Waals surface area contributed by atoms with Gasteiger partial charge in [-0.3, -0.25) is 9.36 Å². The summed E-state index contributed by atoms with van der Waals surface area (Å²) in [5.41, 5.74) is 3.50. The van der Waals surface area contributed by atoms with Crippen molar-refractivity contribution in [1.82, 2.24) is 14.8 Å². The number of anilines is 1. The molecule has 0 fully saturated rings. The minimum Gasteiger partial charge on any atom is -0.323 e. The van der Waals surface area contributed by atoms with E-state index in [2.05, 4.69) is 28.5 Å². The predicted octanol–water partition coefficient (Wildman–Crippen LogP) is 4.06. The Hall–Kier alpha value is -2.67. The van der Waals surface area contributed by atoms with Gasteiger partial charge in [0.15, 0.2) is 5.16 Å². The Balaban J connectivity index is 1.74. The molecule has 1 heterocycles. The Bertz CT molecular complexity index is 954. The van der Waals surface area contributed by atoms with Crippen LogP contribution in [0.5, 0.6) is 0 Å². The number of thioether (sulfide) groups is 1. The molecule has 1 aromatic heterocycles. The third-order valence-electron chi connectivity index (χ3n) is 4.02. The Kier molecular flexibility index (Phi) is 5.37. The van der Waals surface area contributed by atoms with E-state index in [1.165, 1.54) is 35.0 Å². The number of benzene rings is 2. The molecule has 0 saturated heterocycles. The molecule has 1 N–H and O–H groups in total. The summed E-state index contributed by atoms with van der Waals surface area (Å²) in [6, 6.07) is 12.2. The molecule has 0 saturated carbocycles. The highest BCUT2D eigenvalue weighted by atomic mass is 32.2. The van der Waals surface area contributed by atoms with Gasteiger partial charge in [0.05, 0.1) is 11.4 Å². The van der Waals surface area contributed by atoms with E-state index in [4.69, 9.17) is 0 Å². The summed E-state index contributed by atoms with van der Waals surface area (Å²) in [5, 5.41) is 11.5. The Labute approximate surface area is 155 Å². The van der Waals surface area contributed by atoms with Crippen LogP contribution < -0.4 is 5.32 Å². The molecule has 2 aromatic carbocycles. The van der Waals surface area contributed by atoms with E-state index in [0.717, 1.165) is 11.5 Å². The van der Waals surface area contributed by atoms with Crippen LogP contribution in [-0.2, 0) is 4.79 Å². The molecular formula is C19H19FN4OS. The summed E-state index contributed by atoms with van der Waals surface area (Å²) in [7, 11) is 0. The molecular weight excluding hydrogens is 351 g/mol. The van der Waals surface area contributed by atoms with Crippen molar-refractivity contribution >= 4 is 23.4 Å². The number of carbonyl (C=O) groups is 1. The zero-order chi connectivity index (χ0) is 18.7. The van der Waals surface area contributed by atoms with Gasteiger partial charge in [0.25, 0.3) is 0 Å². The highest BCUT2D eigenvalue weighted by Crippen LogP contribution is 2.23. The third-order valence-corrected chi connectivity index (χ3v) is 4.95. The standard InChI is InChI=1S/C19H19FN4OS/c1-12-8-9-15(10-13(12)2)24-14(3)22-23-19(24)26-11-18(25)21-17-7-5-4-6-16(17)20/h4-10H,11H2,1-3H3,(H,21,25). The first-order chi connectivity index (χ1) is 12.5. The molecule has 7 heteroatoms. The highest BCUT2D eigenvalue weighted by molar-refractivity contribution is 7.99. The van der Waals surface area contributed by atoms with Crippen molar-refractivity contribution < 1.29 is 9.18 Å². The fourth-order valence-electron chi connectivity index (χ4n) is 2.48. The number of aromatic nitrogens is 3. The van der Waals surface area contributed by atoms with E-state index >= 15 is 0 Å². The first-order valence-corrected chi connectivity index (χ1v) is 9.11. The maximum Gasteiger partial charge on any atom is 0.234 e. The van der Waals surface area contributed by atoms with Crippen molar-refractivity contribution in [2.24, 2.45) is 0 Å². The van der Waals surface area contributed by atoms with Gasteiger partial charge in [-0.15, -0.1) is 10.2 Å². The molecule has 0 spiro atoms. The van der Waals surface area contributed by atoms with Crippen molar-refractivity contribution in [1.29, 1.82) is 0 Å². The van der Waals surface area contributed by atoms with E-state index in [9.17, 15) is 9.18 Å². The van der Waals surface area contributed by atoms with Crippen molar-refractivity contribution in [3.8, 4) is 5.69 Å². The molecule has 0 bridgehead atoms. The molecule has 5 nitrogen and oxygen atoms in total. The highest BCUT2D eigenvalue weighted by Gasteiger charge is 2.14. The van der Waals surface area contributed by atoms with E-state index in [-0.39, 0.29) is 17.3 Å². The van der Waals surface area contributed by atoms with Crippen LogP contribution in [0.4, 0.5) is 10.1 Å². The molecule has 0 aliphatic rings. The van der Waals surface area contributed by atoms with Crippen LogP contribution in [0.25, 0.3) is 5.69 Å². The molecule has 0 aliphatic carbocycles. The van der Waals surface area contributed by atoms with Gasteiger partial charge in [-0.25, -0.2) is 4.39 Å². The lowest BCUT2D eigenvalue weighted by Crippen LogP contribution is -2.15. The van der Waals surface area contributed by atoms with Gasteiger partial charge in [-0.05, 0) is 56.2 Å². The fraction of sp³-hybridized carbons (Fsp3) is 0.211. The van der Waals surface area contributed by atoms with Gasteiger partial charge in [0, 0.05) is 5.69 Å². The van der Waals surface area contributed by atoms with Crippen LogP contribution in [0.1, 0.15) is 17.0 Å². The molecule has 134 valence electrons. The van der Waals surface area contributed by atoms with Crippen molar-refractivity contribution in [3.63, 3.8) is 0 Å². The summed E-state index contributed by atoms with van der Waals surface area (Å²) in [5.74, 6) is 0.0924. The molecule has 0 unspecified atom stereocenters. The molecule has 26 heavy (non-hydrogen) atoms. The van der Waals surface area contributed by atoms with Crippen molar-refractivity contribution in [3.05, 3.63) is 65.2 Å². The lowest BCUT2D eigenvalue weighted by atomic mass is 10.1. The molecule has 0 atom stereocenters. The SMILES string of the molecule is Cc1ccc(-n2c(C)nnc2SCC(=O)Nc2ccccc2F)cc1C. The first-order valence-electron chi connectivity index (χ1n) is 8.12. The van der Waals surface area contributed by atoms with Crippen LogP contribution in [0, 0.1) is 26.6 Å². The first kappa shape index (κ1) is 18.1. The van der Waals surface area contributed by atoms with Crippen LogP contribution in [-0.4, -0.2) is 26.4 Å². The fourth-order valence-corrected chi connectivity index (χ4v) is 3.27. The van der Waals surface area contributed by atoms with E-state index in [1.807, 2.05) is 30.5 Å². The number of nitrogens with zero attached hydrogens (tertiary/aromatic N) is 3. The Morgan fingerprint density at radius 2 is 1.88 bits per heavy atom. The van der Waals surface area contributed by atoms with Crippen LogP contribution in [0.15, 0.2) is 47.6 Å². The molecule has 0 aliphatic heterocycles. The van der Waals surface area contributed by atoms with Gasteiger partial charge in [0.2, 0.25) is 5.91 Å². The average Bonchev–Trinajstić information content (AvgIpc) is 2.98. The molecule has 3 rings (SSSR count). The van der Waals surface area contributed by atoms with Gasteiger partial charge < -0.3 is 5.32 Å². The minimum absolute atomic E-state index is 0.108. The number of rotatable bonds is 5. The number of hydrogen-bond acceptors (Lipinski definition) is 4. The maximum atomic E-state index is 13.6. The molecule has 0 radical (unpaired) electrons. The van der Waals surface area contributed by atoms with Crippen LogP contribution in [0.2, 0.25) is 0 Å². The number of amides is 1. The van der Waals surface area contributed by atoms with Crippen molar-refractivity contribution in [2.75, 3.05) is 11.1 Å². The number of halogens is 1. The minimum atomic E-state index is -0.458. The number of carbonyl (C=O) groups excluding carboxylic acids is 1. The smallest absolute Gasteiger partial charge is 0.234 e. The molecule has 1 amide bonds. The topological polar surface area (TPSA) is 59.8 Å². The van der Waals surface area contributed by atoms with Crippen LogP contribution in [0.3, 0.4) is 0 Å². The van der Waals surface area contributed by atoms with Gasteiger partial charge in [-0.2, -0.15) is 0 Å². The number of hydrogen-bond donors (Lipinski definition) is 1. The second kappa shape index (κ2) is 7.70. The monoisotopic (exact) mass is 370 g/mol. The normalized spacial score (nSPS) is 10.8. The van der Waals surface area contributed by atoms with Crippen molar-refractivity contribution in [2.45, 2.75) is 25.9 Å². The Morgan fingerprint density at radius 3 is 2.62 bits per heavy atom. The number of nitrogens with one attached hydrogen (secondary N) is 1. The summed E-state index contributed by atoms with van der Waals surface area (Å²) >= 11 is 1.26. The largest absolute Gasteiger partial charge is 0.323 e. The third kappa shape index (κ3) is 3.94. The average molecular weight is 370 g/mol. The zero-order valence-electron chi connectivity index (χ0n) is 14.8. The van der Waals surface area contributed by atoms with Crippen LogP contribution >= 0.6 is 11.8 Å². The van der Waals surface area contributed by atoms with E-state index in [1.54, 1.807) is 12.1 Å². The Morgan fingerprint density at radius 1 is 1.12 bits per heavy atom. The van der Waals surface area contributed by atoms with Gasteiger partial charge in [0.1, 0.15) is 11.6 Å². The lowest BCUT2D eigenvalue weighted by molar-refractivity contribution is -0.113. The predicted molar refractivity (Wildman–Crippen MR) is 101 cm³/mol. The van der Waals surface area contributed by atoms with E-state index in [0.29, 0.717) is 5.16 Å².